The third-order valence-corrected chi connectivity index (χ3v) is 5.73. The van der Waals surface area contributed by atoms with Crippen molar-refractivity contribution in [3.63, 3.8) is 0 Å². The summed E-state index contributed by atoms with van der Waals surface area (Å²) in [5.74, 6) is 0.126. The van der Waals surface area contributed by atoms with Gasteiger partial charge in [-0.3, -0.25) is 15.0 Å². The van der Waals surface area contributed by atoms with E-state index in [1.165, 1.54) is 6.07 Å². The fraction of sp³-hybridized carbons (Fsp3) is 0.571. The molecule has 3 N–H and O–H groups in total. The molecule has 2 fully saturated rings. The minimum Gasteiger partial charge on any atom is -0.489 e. The Labute approximate surface area is 144 Å². The Kier molecular flexibility index (Phi) is 3.83. The van der Waals surface area contributed by atoms with Gasteiger partial charge in [0.2, 0.25) is 10.0 Å². The number of sulfonamides is 1. The molecule has 3 aliphatic rings. The lowest BCUT2D eigenvalue weighted by Gasteiger charge is -2.33. The third-order valence-electron chi connectivity index (χ3n) is 4.84. The fourth-order valence-corrected chi connectivity index (χ4v) is 4.21. The number of primary sulfonamides is 1. The van der Waals surface area contributed by atoms with E-state index in [-0.39, 0.29) is 40.8 Å². The minimum absolute atomic E-state index is 0.126. The van der Waals surface area contributed by atoms with Gasteiger partial charge < -0.3 is 14.8 Å². The summed E-state index contributed by atoms with van der Waals surface area (Å²) in [6.07, 6.45) is 1.29. The Balaban J connectivity index is 1.58. The van der Waals surface area contributed by atoms with Gasteiger partial charge in [-0.1, -0.05) is 0 Å². The van der Waals surface area contributed by atoms with Gasteiger partial charge in [0.1, 0.15) is 6.61 Å². The Morgan fingerprint density at radius 3 is 2.80 bits per heavy atom. The van der Waals surface area contributed by atoms with E-state index >= 15 is 0 Å². The maximum Gasteiger partial charge on any atom is 0.297 e. The van der Waals surface area contributed by atoms with Crippen LogP contribution in [0, 0.1) is 10.1 Å². The summed E-state index contributed by atoms with van der Waals surface area (Å²) in [5.41, 5.74) is -0.174. The van der Waals surface area contributed by atoms with E-state index in [0.29, 0.717) is 19.2 Å². The largest absolute Gasteiger partial charge is 0.489 e. The fourth-order valence-electron chi connectivity index (χ4n) is 3.66. The molecule has 3 atom stereocenters. The zero-order valence-electron chi connectivity index (χ0n) is 13.3. The molecule has 3 heterocycles. The molecule has 0 aromatic heterocycles. The highest BCUT2D eigenvalue weighted by Gasteiger charge is 2.40. The van der Waals surface area contributed by atoms with Crippen molar-refractivity contribution in [2.45, 2.75) is 29.5 Å². The van der Waals surface area contributed by atoms with Crippen LogP contribution in [0.2, 0.25) is 0 Å². The second kappa shape index (κ2) is 5.80. The first-order valence-corrected chi connectivity index (χ1v) is 9.46. The second-order valence-electron chi connectivity index (χ2n) is 6.57. The maximum atomic E-state index is 11.5. The molecule has 10 nitrogen and oxygen atoms in total. The molecular weight excluding hydrogens is 352 g/mol. The number of nitrogens with two attached hydrogens (primary N) is 1. The molecule has 4 rings (SSSR count). The van der Waals surface area contributed by atoms with Crippen LogP contribution < -0.4 is 15.2 Å². The van der Waals surface area contributed by atoms with Gasteiger partial charge in [-0.25, -0.2) is 13.6 Å². The van der Waals surface area contributed by atoms with E-state index in [4.69, 9.17) is 14.6 Å². The molecule has 1 aromatic rings. The number of benzene rings is 1. The molecule has 0 spiro atoms. The third kappa shape index (κ3) is 3.03. The van der Waals surface area contributed by atoms with Crippen LogP contribution in [-0.4, -0.2) is 62.7 Å². The van der Waals surface area contributed by atoms with Crippen molar-refractivity contribution < 1.29 is 22.8 Å². The van der Waals surface area contributed by atoms with Crippen molar-refractivity contribution >= 4 is 21.4 Å². The summed E-state index contributed by atoms with van der Waals surface area (Å²) in [5, 5.41) is 19.6. The number of rotatable bonds is 4. The number of ether oxygens (including phenoxy) is 2. The molecule has 2 bridgehead atoms. The first kappa shape index (κ1) is 16.5. The van der Waals surface area contributed by atoms with E-state index in [1.807, 2.05) is 0 Å². The number of nitrogens with one attached hydrogen (secondary N) is 1. The highest BCUT2D eigenvalue weighted by molar-refractivity contribution is 7.89. The summed E-state index contributed by atoms with van der Waals surface area (Å²) in [7, 11) is -4.06. The van der Waals surface area contributed by atoms with Crippen LogP contribution in [0.25, 0.3) is 0 Å². The number of hydrogen-bond acceptors (Lipinski definition) is 8. The van der Waals surface area contributed by atoms with Crippen LogP contribution in [-0.2, 0) is 14.8 Å². The van der Waals surface area contributed by atoms with E-state index in [1.54, 1.807) is 0 Å². The molecule has 0 aliphatic carbocycles. The number of likely N-dealkylation sites (tertiary alicyclic amines) is 1. The molecule has 2 saturated heterocycles. The van der Waals surface area contributed by atoms with E-state index in [9.17, 15) is 18.5 Å². The standard InChI is InChI=1S/C14H18N4O6S/c15-25(21,22)11-2-12(18(19)20)14-13(3-11)24-6-8(16-14)4-17-5-10-1-9(17)7-23-10/h2-3,8-10,16H,1,4-7H2,(H2,15,21,22)/t8-,9+,10+/m1/s1. The van der Waals surface area contributed by atoms with Crippen LogP contribution in [0.3, 0.4) is 0 Å². The van der Waals surface area contributed by atoms with Crippen molar-refractivity contribution in [2.75, 3.05) is 31.6 Å². The van der Waals surface area contributed by atoms with Gasteiger partial charge >= 0.3 is 0 Å². The van der Waals surface area contributed by atoms with Gasteiger partial charge in [-0.2, -0.15) is 0 Å². The van der Waals surface area contributed by atoms with Crippen molar-refractivity contribution in [3.05, 3.63) is 22.2 Å². The monoisotopic (exact) mass is 370 g/mol. The highest BCUT2D eigenvalue weighted by atomic mass is 32.2. The zero-order valence-corrected chi connectivity index (χ0v) is 14.1. The van der Waals surface area contributed by atoms with Gasteiger partial charge in [-0.05, 0) is 6.42 Å². The van der Waals surface area contributed by atoms with E-state index in [2.05, 4.69) is 10.2 Å². The molecule has 11 heteroatoms. The quantitative estimate of drug-likeness (QED) is 0.553. The molecule has 3 aliphatic heterocycles. The molecular formula is C14H18N4O6S. The average molecular weight is 370 g/mol. The Morgan fingerprint density at radius 2 is 2.20 bits per heavy atom. The number of hydrogen-bond donors (Lipinski definition) is 2. The Hall–Kier alpha value is -1.95. The van der Waals surface area contributed by atoms with Gasteiger partial charge in [0.25, 0.3) is 5.69 Å². The van der Waals surface area contributed by atoms with Gasteiger partial charge in [0, 0.05) is 31.3 Å². The number of fused-ring (bicyclic) bond motifs is 3. The number of nitro groups is 1. The predicted octanol–water partition coefficient (Wildman–Crippen LogP) is -0.112. The summed E-state index contributed by atoms with van der Waals surface area (Å²) < 4.78 is 34.2. The van der Waals surface area contributed by atoms with Crippen molar-refractivity contribution in [3.8, 4) is 5.75 Å². The second-order valence-corrected chi connectivity index (χ2v) is 8.13. The molecule has 0 unspecified atom stereocenters. The Morgan fingerprint density at radius 1 is 1.40 bits per heavy atom. The van der Waals surface area contributed by atoms with Crippen molar-refractivity contribution in [2.24, 2.45) is 5.14 Å². The number of nitro benzene ring substituents is 1. The number of morpholine rings is 1. The zero-order chi connectivity index (χ0) is 17.8. The number of nitrogens with zero attached hydrogens (tertiary/aromatic N) is 2. The Bertz CT molecular complexity index is 829. The van der Waals surface area contributed by atoms with Gasteiger partial charge in [0.05, 0.1) is 28.6 Å². The lowest BCUT2D eigenvalue weighted by atomic mass is 10.1. The lowest BCUT2D eigenvalue weighted by molar-refractivity contribution is -0.384. The first-order chi connectivity index (χ1) is 11.8. The summed E-state index contributed by atoms with van der Waals surface area (Å²) >= 11 is 0. The van der Waals surface area contributed by atoms with Crippen LogP contribution in [0.15, 0.2) is 17.0 Å². The van der Waals surface area contributed by atoms with Crippen molar-refractivity contribution in [1.82, 2.24) is 4.90 Å². The van der Waals surface area contributed by atoms with E-state index < -0.39 is 14.9 Å². The SMILES string of the molecule is NS(=O)(=O)c1cc2c(c([N+](=O)[O-])c1)N[C@H](CN1C[C@@H]3C[C@H]1CO3)CO2. The van der Waals surface area contributed by atoms with Crippen LogP contribution in [0.5, 0.6) is 5.75 Å². The lowest BCUT2D eigenvalue weighted by Crippen LogP contribution is -2.47. The molecule has 0 radical (unpaired) electrons. The van der Waals surface area contributed by atoms with Crippen molar-refractivity contribution in [1.29, 1.82) is 0 Å². The molecule has 25 heavy (non-hydrogen) atoms. The first-order valence-electron chi connectivity index (χ1n) is 7.91. The van der Waals surface area contributed by atoms with Crippen LogP contribution >= 0.6 is 0 Å². The predicted molar refractivity (Wildman–Crippen MR) is 87.1 cm³/mol. The van der Waals surface area contributed by atoms with Crippen LogP contribution in [0.1, 0.15) is 6.42 Å². The average Bonchev–Trinajstić information content (AvgIpc) is 3.15. The smallest absolute Gasteiger partial charge is 0.297 e. The van der Waals surface area contributed by atoms with Gasteiger partial charge in [-0.15, -0.1) is 0 Å². The molecule has 0 amide bonds. The molecule has 136 valence electrons. The normalized spacial score (nSPS) is 28.3. The summed E-state index contributed by atoms with van der Waals surface area (Å²) in [6, 6.07) is 2.42. The molecule has 1 aromatic carbocycles. The van der Waals surface area contributed by atoms with Gasteiger partial charge in [0.15, 0.2) is 11.4 Å². The highest BCUT2D eigenvalue weighted by Crippen LogP contribution is 2.40. The molecule has 0 saturated carbocycles. The minimum atomic E-state index is -4.06. The number of anilines is 1. The van der Waals surface area contributed by atoms with Crippen LogP contribution in [0.4, 0.5) is 11.4 Å². The topological polar surface area (TPSA) is 137 Å². The maximum absolute atomic E-state index is 11.5. The summed E-state index contributed by atoms with van der Waals surface area (Å²) in [6.45, 7) is 2.53. The summed E-state index contributed by atoms with van der Waals surface area (Å²) in [4.78, 5) is 12.7. The van der Waals surface area contributed by atoms with E-state index in [0.717, 1.165) is 19.0 Å².